The molecule has 130 valence electrons. The Balaban J connectivity index is 1.57. The van der Waals surface area contributed by atoms with Gasteiger partial charge in [0.1, 0.15) is 6.67 Å². The fourth-order valence-corrected chi connectivity index (χ4v) is 4.64. The van der Waals surface area contributed by atoms with Crippen molar-refractivity contribution in [3.05, 3.63) is 59.4 Å². The fraction of sp³-hybridized carbons (Fsp3) is 0.278. The van der Waals surface area contributed by atoms with Crippen LogP contribution in [0.4, 0.5) is 4.39 Å². The number of alkyl halides is 1. The summed E-state index contributed by atoms with van der Waals surface area (Å²) < 4.78 is 40.5. The van der Waals surface area contributed by atoms with E-state index in [2.05, 4.69) is 14.7 Å². The van der Waals surface area contributed by atoms with Crippen molar-refractivity contribution < 1.29 is 12.8 Å². The summed E-state index contributed by atoms with van der Waals surface area (Å²) in [5.74, 6) is 0. The molecule has 25 heavy (non-hydrogen) atoms. The lowest BCUT2D eigenvalue weighted by molar-refractivity contribution is 0.484. The highest BCUT2D eigenvalue weighted by Gasteiger charge is 2.27. The number of pyridine rings is 1. The first-order valence-corrected chi connectivity index (χ1v) is 9.67. The zero-order valence-corrected chi connectivity index (χ0v) is 14.3. The average molecular weight is 359 g/mol. The van der Waals surface area contributed by atoms with Gasteiger partial charge in [0, 0.05) is 23.5 Å². The molecule has 5 nitrogen and oxygen atoms in total. The summed E-state index contributed by atoms with van der Waals surface area (Å²) in [4.78, 5) is 7.95. The number of hydrogen-bond donors (Lipinski definition) is 2. The maximum Gasteiger partial charge on any atom is 0.240 e. The molecule has 1 aliphatic carbocycles. The van der Waals surface area contributed by atoms with Crippen LogP contribution < -0.4 is 4.72 Å². The molecule has 0 amide bonds. The summed E-state index contributed by atoms with van der Waals surface area (Å²) in [6.45, 7) is -0.604. The third kappa shape index (κ3) is 3.05. The Labute approximate surface area is 145 Å². The third-order valence-corrected chi connectivity index (χ3v) is 6.18. The Bertz CT molecular complexity index is 1010. The molecule has 2 heterocycles. The van der Waals surface area contributed by atoms with E-state index in [-0.39, 0.29) is 10.9 Å². The zero-order valence-electron chi connectivity index (χ0n) is 13.5. The van der Waals surface area contributed by atoms with Crippen molar-refractivity contribution in [1.82, 2.24) is 14.7 Å². The van der Waals surface area contributed by atoms with Crippen LogP contribution in [0.5, 0.6) is 0 Å². The number of rotatable bonds is 4. The first kappa shape index (κ1) is 16.2. The first-order chi connectivity index (χ1) is 12.1. The number of H-pyrrole nitrogens is 1. The molecule has 0 saturated heterocycles. The predicted octanol–water partition coefficient (Wildman–Crippen LogP) is 2.87. The smallest absolute Gasteiger partial charge is 0.240 e. The van der Waals surface area contributed by atoms with E-state index in [1.807, 2.05) is 12.1 Å². The Kier molecular flexibility index (Phi) is 4.05. The van der Waals surface area contributed by atoms with Gasteiger partial charge < -0.3 is 4.98 Å². The predicted molar refractivity (Wildman–Crippen MR) is 93.5 cm³/mol. The second kappa shape index (κ2) is 6.24. The van der Waals surface area contributed by atoms with Crippen LogP contribution in [-0.4, -0.2) is 24.4 Å². The van der Waals surface area contributed by atoms with Crippen molar-refractivity contribution in [2.45, 2.75) is 36.9 Å². The molecule has 3 aromatic rings. The van der Waals surface area contributed by atoms with E-state index in [0.29, 0.717) is 12.0 Å². The Morgan fingerprint density at radius 1 is 1.24 bits per heavy atom. The number of aromatic nitrogens is 2. The maximum atomic E-state index is 12.6. The molecule has 4 rings (SSSR count). The fourth-order valence-electron chi connectivity index (χ4n) is 3.37. The molecular weight excluding hydrogens is 341 g/mol. The molecule has 1 aromatic carbocycles. The molecule has 0 bridgehead atoms. The van der Waals surface area contributed by atoms with E-state index in [0.717, 1.165) is 35.1 Å². The van der Waals surface area contributed by atoms with Gasteiger partial charge in [0.05, 0.1) is 15.9 Å². The molecule has 0 fully saturated rings. The minimum Gasteiger partial charge on any atom is -0.357 e. The van der Waals surface area contributed by atoms with E-state index < -0.39 is 16.7 Å². The van der Waals surface area contributed by atoms with Crippen LogP contribution in [0.2, 0.25) is 0 Å². The van der Waals surface area contributed by atoms with Gasteiger partial charge in [-0.05, 0) is 49.1 Å². The molecule has 2 N–H and O–H groups in total. The summed E-state index contributed by atoms with van der Waals surface area (Å²) in [5, 5.41) is 0. The van der Waals surface area contributed by atoms with Crippen LogP contribution in [-0.2, 0) is 29.5 Å². The zero-order chi connectivity index (χ0) is 17.4. The molecule has 0 spiro atoms. The number of sulfonamides is 1. The molecule has 0 radical (unpaired) electrons. The molecule has 0 aliphatic heterocycles. The van der Waals surface area contributed by atoms with Crippen molar-refractivity contribution in [2.24, 2.45) is 0 Å². The normalized spacial score (nSPS) is 17.6. The van der Waals surface area contributed by atoms with Crippen molar-refractivity contribution >= 4 is 21.1 Å². The Morgan fingerprint density at radius 2 is 2.04 bits per heavy atom. The van der Waals surface area contributed by atoms with Gasteiger partial charge in [-0.15, -0.1) is 0 Å². The van der Waals surface area contributed by atoms with Crippen LogP contribution in [0.15, 0.2) is 47.5 Å². The molecule has 1 atom stereocenters. The number of halogens is 1. The molecule has 0 saturated carbocycles. The van der Waals surface area contributed by atoms with Gasteiger partial charge in [-0.2, -0.15) is 0 Å². The van der Waals surface area contributed by atoms with E-state index in [9.17, 15) is 12.8 Å². The van der Waals surface area contributed by atoms with E-state index in [1.165, 1.54) is 24.3 Å². The van der Waals surface area contributed by atoms with E-state index in [4.69, 9.17) is 0 Å². The number of nitrogens with one attached hydrogen (secondary N) is 2. The van der Waals surface area contributed by atoms with Gasteiger partial charge in [-0.3, -0.25) is 4.98 Å². The second-order valence-electron chi connectivity index (χ2n) is 6.32. The number of aryl methyl sites for hydroxylation is 1. The molecule has 2 aromatic heterocycles. The van der Waals surface area contributed by atoms with Crippen molar-refractivity contribution in [2.75, 3.05) is 0 Å². The highest BCUT2D eigenvalue weighted by atomic mass is 32.2. The van der Waals surface area contributed by atoms with Crippen molar-refractivity contribution in [3.8, 4) is 0 Å². The van der Waals surface area contributed by atoms with Crippen molar-refractivity contribution in [1.29, 1.82) is 0 Å². The van der Waals surface area contributed by atoms with Crippen LogP contribution in [0.3, 0.4) is 0 Å². The van der Waals surface area contributed by atoms with Gasteiger partial charge in [-0.1, -0.05) is 12.1 Å². The third-order valence-electron chi connectivity index (χ3n) is 4.65. The van der Waals surface area contributed by atoms with Gasteiger partial charge in [0.25, 0.3) is 0 Å². The monoisotopic (exact) mass is 359 g/mol. The lowest BCUT2D eigenvalue weighted by atomic mass is 9.93. The van der Waals surface area contributed by atoms with Gasteiger partial charge >= 0.3 is 0 Å². The summed E-state index contributed by atoms with van der Waals surface area (Å²) in [5.41, 5.74) is 4.58. The van der Waals surface area contributed by atoms with Crippen LogP contribution in [0, 0.1) is 0 Å². The van der Waals surface area contributed by atoms with Crippen LogP contribution in [0.1, 0.15) is 23.2 Å². The summed E-state index contributed by atoms with van der Waals surface area (Å²) in [7, 11) is -3.63. The molecular formula is C18H18FN3O2S. The van der Waals surface area contributed by atoms with E-state index in [1.54, 1.807) is 6.20 Å². The quantitative estimate of drug-likeness (QED) is 0.752. The van der Waals surface area contributed by atoms with Gasteiger partial charge in [0.15, 0.2) is 0 Å². The van der Waals surface area contributed by atoms with Crippen molar-refractivity contribution in [3.63, 3.8) is 0 Å². The number of benzene rings is 1. The summed E-state index contributed by atoms with van der Waals surface area (Å²) >= 11 is 0. The SMILES string of the molecule is O=S(=O)(NC1CCc2[nH]c3cccnc3c2C1)c1ccc(CF)cc1. The minimum atomic E-state index is -3.63. The molecule has 7 heteroatoms. The average Bonchev–Trinajstić information content (AvgIpc) is 2.99. The van der Waals surface area contributed by atoms with Gasteiger partial charge in [-0.25, -0.2) is 17.5 Å². The standard InChI is InChI=1S/C18H18FN3O2S/c19-11-12-3-6-14(7-4-12)25(23,24)22-13-5-8-16-15(10-13)18-17(21-16)2-1-9-20-18/h1-4,6-7,9,13,21-22H,5,8,10-11H2. The highest BCUT2D eigenvalue weighted by Crippen LogP contribution is 2.28. The molecule has 1 unspecified atom stereocenters. The minimum absolute atomic E-state index is 0.160. The lowest BCUT2D eigenvalue weighted by Crippen LogP contribution is -2.38. The van der Waals surface area contributed by atoms with Crippen LogP contribution in [0.25, 0.3) is 11.0 Å². The highest BCUT2D eigenvalue weighted by molar-refractivity contribution is 7.89. The molecule has 1 aliphatic rings. The second-order valence-corrected chi connectivity index (χ2v) is 8.03. The van der Waals surface area contributed by atoms with Crippen LogP contribution >= 0.6 is 0 Å². The number of aromatic amines is 1. The number of fused-ring (bicyclic) bond motifs is 3. The number of hydrogen-bond acceptors (Lipinski definition) is 3. The Morgan fingerprint density at radius 3 is 2.80 bits per heavy atom. The van der Waals surface area contributed by atoms with E-state index >= 15 is 0 Å². The first-order valence-electron chi connectivity index (χ1n) is 8.18. The lowest BCUT2D eigenvalue weighted by Gasteiger charge is -2.23. The topological polar surface area (TPSA) is 74.8 Å². The maximum absolute atomic E-state index is 12.6. The number of nitrogens with zero attached hydrogens (tertiary/aromatic N) is 1. The largest absolute Gasteiger partial charge is 0.357 e. The Hall–Kier alpha value is -2.25. The summed E-state index contributed by atoms with van der Waals surface area (Å²) in [6, 6.07) is 9.56. The van der Waals surface area contributed by atoms with Gasteiger partial charge in [0.2, 0.25) is 10.0 Å². The summed E-state index contributed by atoms with van der Waals surface area (Å²) in [6.07, 6.45) is 3.85.